The third kappa shape index (κ3) is 6.01. The zero-order valence-corrected chi connectivity index (χ0v) is 17.3. The molecular formula is C22H35N3O3. The molecule has 2 saturated heterocycles. The van der Waals surface area contributed by atoms with Crippen LogP contribution in [-0.4, -0.2) is 73.3 Å². The van der Waals surface area contributed by atoms with Crippen LogP contribution in [0.4, 0.5) is 0 Å². The Morgan fingerprint density at radius 2 is 1.79 bits per heavy atom. The van der Waals surface area contributed by atoms with E-state index in [0.29, 0.717) is 6.54 Å². The molecule has 0 aliphatic carbocycles. The largest absolute Gasteiger partial charge is 0.378 e. The lowest BCUT2D eigenvalue weighted by Gasteiger charge is -2.35. The molecule has 1 aromatic rings. The highest BCUT2D eigenvalue weighted by Crippen LogP contribution is 2.18. The predicted molar refractivity (Wildman–Crippen MR) is 110 cm³/mol. The second-order valence-electron chi connectivity index (χ2n) is 8.15. The fourth-order valence-corrected chi connectivity index (χ4v) is 4.17. The van der Waals surface area contributed by atoms with Crippen LogP contribution in [0.1, 0.15) is 49.0 Å². The van der Waals surface area contributed by atoms with E-state index in [9.17, 15) is 4.79 Å². The summed E-state index contributed by atoms with van der Waals surface area (Å²) in [6.45, 7) is 9.95. The van der Waals surface area contributed by atoms with Crippen LogP contribution in [0.15, 0.2) is 24.3 Å². The van der Waals surface area contributed by atoms with Crippen molar-refractivity contribution in [2.45, 2.75) is 58.0 Å². The zero-order chi connectivity index (χ0) is 19.9. The molecule has 2 unspecified atom stereocenters. The number of carbonyl (C=O) groups is 1. The van der Waals surface area contributed by atoms with E-state index in [-0.39, 0.29) is 24.2 Å². The quantitative estimate of drug-likeness (QED) is 0.725. The lowest BCUT2D eigenvalue weighted by molar-refractivity contribution is -0.0704. The summed E-state index contributed by atoms with van der Waals surface area (Å²) in [5.74, 6) is 0.126. The molecule has 6 nitrogen and oxygen atoms in total. The van der Waals surface area contributed by atoms with Gasteiger partial charge in [-0.25, -0.2) is 0 Å². The average Bonchev–Trinajstić information content (AvgIpc) is 2.68. The first-order chi connectivity index (χ1) is 13.5. The fourth-order valence-electron chi connectivity index (χ4n) is 4.17. The number of likely N-dealkylation sites (tertiary alicyclic amines) is 1. The van der Waals surface area contributed by atoms with Crippen molar-refractivity contribution in [1.82, 2.24) is 9.80 Å². The first-order valence-corrected chi connectivity index (χ1v) is 10.6. The van der Waals surface area contributed by atoms with E-state index in [2.05, 4.69) is 30.9 Å². The molecule has 1 amide bonds. The van der Waals surface area contributed by atoms with Gasteiger partial charge in [-0.2, -0.15) is 0 Å². The number of carbonyl (C=O) groups excluding carboxylic acids is 1. The van der Waals surface area contributed by atoms with Crippen LogP contribution < -0.4 is 5.73 Å². The smallest absolute Gasteiger partial charge is 0.253 e. The van der Waals surface area contributed by atoms with Crippen molar-refractivity contribution in [3.63, 3.8) is 0 Å². The van der Waals surface area contributed by atoms with Crippen LogP contribution in [-0.2, 0) is 16.0 Å². The van der Waals surface area contributed by atoms with E-state index in [1.165, 1.54) is 5.56 Å². The Morgan fingerprint density at radius 1 is 1.14 bits per heavy atom. The van der Waals surface area contributed by atoms with Gasteiger partial charge in [0.1, 0.15) is 0 Å². The Kier molecular flexibility index (Phi) is 7.85. The van der Waals surface area contributed by atoms with Crippen molar-refractivity contribution >= 4 is 5.91 Å². The molecule has 2 heterocycles. The van der Waals surface area contributed by atoms with E-state index < -0.39 is 0 Å². The molecule has 3 rings (SSSR count). The van der Waals surface area contributed by atoms with Crippen LogP contribution in [0.2, 0.25) is 0 Å². The molecule has 28 heavy (non-hydrogen) atoms. The van der Waals surface area contributed by atoms with Gasteiger partial charge < -0.3 is 20.1 Å². The Balaban J connectivity index is 1.47. The highest BCUT2D eigenvalue weighted by molar-refractivity contribution is 5.94. The summed E-state index contributed by atoms with van der Waals surface area (Å²) in [6.07, 6.45) is 3.51. The van der Waals surface area contributed by atoms with Crippen molar-refractivity contribution in [2.75, 3.05) is 39.3 Å². The minimum absolute atomic E-state index is 0.126. The van der Waals surface area contributed by atoms with Gasteiger partial charge in [0.2, 0.25) is 0 Å². The lowest BCUT2D eigenvalue weighted by Crippen LogP contribution is -2.44. The Morgan fingerprint density at radius 3 is 2.39 bits per heavy atom. The number of amides is 1. The molecule has 2 aliphatic heterocycles. The van der Waals surface area contributed by atoms with E-state index in [4.69, 9.17) is 15.2 Å². The van der Waals surface area contributed by atoms with Crippen LogP contribution in [0.3, 0.4) is 0 Å². The molecule has 1 aromatic carbocycles. The molecular weight excluding hydrogens is 354 g/mol. The Labute approximate surface area is 169 Å². The number of piperidine rings is 1. The Bertz CT molecular complexity index is 604. The number of nitrogens with two attached hydrogens (primary N) is 1. The summed E-state index contributed by atoms with van der Waals surface area (Å²) < 4.78 is 11.6. The second-order valence-corrected chi connectivity index (χ2v) is 8.15. The van der Waals surface area contributed by atoms with Crippen LogP contribution >= 0.6 is 0 Å². The molecule has 0 bridgehead atoms. The third-order valence-electron chi connectivity index (χ3n) is 5.53. The number of hydrogen-bond acceptors (Lipinski definition) is 5. The van der Waals surface area contributed by atoms with Gasteiger partial charge in [-0.1, -0.05) is 12.1 Å². The van der Waals surface area contributed by atoms with E-state index in [0.717, 1.165) is 64.2 Å². The van der Waals surface area contributed by atoms with E-state index in [1.54, 1.807) is 0 Å². The minimum atomic E-state index is 0.126. The maximum absolute atomic E-state index is 12.8. The maximum atomic E-state index is 12.8. The zero-order valence-electron chi connectivity index (χ0n) is 17.3. The standard InChI is InChI=1S/C22H35N3O3/c1-17-14-24(15-18(2)28-17)16-19-4-6-20(7-5-19)22(26)25-11-8-21(9-12-25)27-13-3-10-23/h4-7,17-18,21H,3,8-16,23H2,1-2H3. The average molecular weight is 390 g/mol. The van der Waals surface area contributed by atoms with Gasteiger partial charge in [-0.15, -0.1) is 0 Å². The summed E-state index contributed by atoms with van der Waals surface area (Å²) in [5.41, 5.74) is 7.52. The lowest BCUT2D eigenvalue weighted by atomic mass is 10.0. The molecule has 0 saturated carbocycles. The minimum Gasteiger partial charge on any atom is -0.378 e. The molecule has 0 aromatic heterocycles. The molecule has 2 atom stereocenters. The molecule has 6 heteroatoms. The van der Waals surface area contributed by atoms with Gasteiger partial charge >= 0.3 is 0 Å². The summed E-state index contributed by atoms with van der Waals surface area (Å²) in [5, 5.41) is 0. The molecule has 2 N–H and O–H groups in total. The van der Waals surface area contributed by atoms with Crippen molar-refractivity contribution in [3.05, 3.63) is 35.4 Å². The number of hydrogen-bond donors (Lipinski definition) is 1. The first kappa shape index (κ1) is 21.2. The van der Waals surface area contributed by atoms with Gasteiger partial charge in [-0.3, -0.25) is 9.69 Å². The summed E-state index contributed by atoms with van der Waals surface area (Å²) >= 11 is 0. The highest BCUT2D eigenvalue weighted by Gasteiger charge is 2.25. The number of morpholine rings is 1. The summed E-state index contributed by atoms with van der Waals surface area (Å²) in [6, 6.07) is 8.10. The topological polar surface area (TPSA) is 68.0 Å². The van der Waals surface area contributed by atoms with E-state index >= 15 is 0 Å². The van der Waals surface area contributed by atoms with Crippen LogP contribution in [0, 0.1) is 0 Å². The highest BCUT2D eigenvalue weighted by atomic mass is 16.5. The molecule has 0 radical (unpaired) electrons. The first-order valence-electron chi connectivity index (χ1n) is 10.6. The molecule has 2 aliphatic rings. The van der Waals surface area contributed by atoms with Gasteiger partial charge in [0.05, 0.1) is 18.3 Å². The SMILES string of the molecule is CC1CN(Cc2ccc(C(=O)N3CCC(OCCCN)CC3)cc2)CC(C)O1. The van der Waals surface area contributed by atoms with Gasteiger partial charge in [0, 0.05) is 44.9 Å². The summed E-state index contributed by atoms with van der Waals surface area (Å²) in [4.78, 5) is 17.2. The van der Waals surface area contributed by atoms with E-state index in [1.807, 2.05) is 17.0 Å². The maximum Gasteiger partial charge on any atom is 0.253 e. The van der Waals surface area contributed by atoms with Crippen molar-refractivity contribution in [2.24, 2.45) is 5.73 Å². The fraction of sp³-hybridized carbons (Fsp3) is 0.682. The molecule has 0 spiro atoms. The van der Waals surface area contributed by atoms with Gasteiger partial charge in [0.15, 0.2) is 0 Å². The third-order valence-corrected chi connectivity index (χ3v) is 5.53. The van der Waals surface area contributed by atoms with Crippen molar-refractivity contribution in [1.29, 1.82) is 0 Å². The second kappa shape index (κ2) is 10.3. The number of ether oxygens (including phenoxy) is 2. The normalized spacial score (nSPS) is 24.5. The Hall–Kier alpha value is -1.47. The number of nitrogens with zero attached hydrogens (tertiary/aromatic N) is 2. The van der Waals surface area contributed by atoms with Crippen molar-refractivity contribution in [3.8, 4) is 0 Å². The van der Waals surface area contributed by atoms with Gasteiger partial charge in [0.25, 0.3) is 5.91 Å². The van der Waals surface area contributed by atoms with Crippen molar-refractivity contribution < 1.29 is 14.3 Å². The van der Waals surface area contributed by atoms with Crippen LogP contribution in [0.25, 0.3) is 0 Å². The summed E-state index contributed by atoms with van der Waals surface area (Å²) in [7, 11) is 0. The van der Waals surface area contributed by atoms with Crippen LogP contribution in [0.5, 0.6) is 0 Å². The monoisotopic (exact) mass is 389 g/mol. The molecule has 156 valence electrons. The number of benzene rings is 1. The predicted octanol–water partition coefficient (Wildman–Crippen LogP) is 2.27. The molecule has 2 fully saturated rings. The number of rotatable bonds is 7. The van der Waals surface area contributed by atoms with Gasteiger partial charge in [-0.05, 0) is 57.4 Å².